The molecule has 1 fully saturated rings. The van der Waals surface area contributed by atoms with Gasteiger partial charge in [-0.1, -0.05) is 26.0 Å². The van der Waals surface area contributed by atoms with Gasteiger partial charge < -0.3 is 5.32 Å². The highest BCUT2D eigenvalue weighted by Gasteiger charge is 2.19. The summed E-state index contributed by atoms with van der Waals surface area (Å²) in [6.07, 6.45) is 3.15. The minimum atomic E-state index is -0.0110. The molecule has 2 rings (SSSR count). The first-order valence-electron chi connectivity index (χ1n) is 6.76. The third-order valence-electron chi connectivity index (χ3n) is 3.98. The van der Waals surface area contributed by atoms with E-state index in [1.807, 2.05) is 6.07 Å². The van der Waals surface area contributed by atoms with Crippen LogP contribution in [0.3, 0.4) is 0 Å². The maximum absolute atomic E-state index is 14.1. The van der Waals surface area contributed by atoms with Crippen LogP contribution in [0, 0.1) is 5.82 Å². The van der Waals surface area contributed by atoms with Crippen molar-refractivity contribution in [2.75, 3.05) is 13.1 Å². The molecule has 94 valence electrons. The van der Waals surface area contributed by atoms with Crippen LogP contribution in [0.4, 0.5) is 4.39 Å². The lowest BCUT2D eigenvalue weighted by Gasteiger charge is -2.16. The standard InChI is InChI=1S/C15H22FN/c1-3-11(4-2)14-6-5-12(9-15(14)16)13-7-8-17-10-13/h5-6,9,11,13,17H,3-4,7-8,10H2,1-2H3. The molecular formula is C15H22FN. The van der Waals surface area contributed by atoms with Crippen LogP contribution in [-0.4, -0.2) is 13.1 Å². The Kier molecular flexibility index (Phi) is 4.16. The van der Waals surface area contributed by atoms with Gasteiger partial charge in [0.1, 0.15) is 5.82 Å². The Labute approximate surface area is 103 Å². The van der Waals surface area contributed by atoms with Crippen molar-refractivity contribution in [2.24, 2.45) is 0 Å². The highest BCUT2D eigenvalue weighted by Crippen LogP contribution is 2.29. The molecule has 1 atom stereocenters. The Bertz CT molecular complexity index is 365. The highest BCUT2D eigenvalue weighted by atomic mass is 19.1. The van der Waals surface area contributed by atoms with Gasteiger partial charge in [0.15, 0.2) is 0 Å². The maximum Gasteiger partial charge on any atom is 0.126 e. The van der Waals surface area contributed by atoms with E-state index in [4.69, 9.17) is 0 Å². The molecule has 1 aliphatic heterocycles. The average molecular weight is 235 g/mol. The molecule has 1 aromatic carbocycles. The number of halogens is 1. The van der Waals surface area contributed by atoms with Gasteiger partial charge in [0, 0.05) is 6.54 Å². The van der Waals surface area contributed by atoms with Crippen LogP contribution in [0.1, 0.15) is 56.1 Å². The van der Waals surface area contributed by atoms with Crippen LogP contribution in [0.5, 0.6) is 0 Å². The molecule has 1 aliphatic rings. The lowest BCUT2D eigenvalue weighted by atomic mass is 9.90. The van der Waals surface area contributed by atoms with Gasteiger partial charge >= 0.3 is 0 Å². The molecule has 1 aromatic rings. The smallest absolute Gasteiger partial charge is 0.126 e. The zero-order valence-corrected chi connectivity index (χ0v) is 10.8. The fraction of sp³-hybridized carbons (Fsp3) is 0.600. The molecule has 0 amide bonds. The number of hydrogen-bond acceptors (Lipinski definition) is 1. The van der Waals surface area contributed by atoms with Crippen LogP contribution in [-0.2, 0) is 0 Å². The van der Waals surface area contributed by atoms with Crippen molar-refractivity contribution in [1.82, 2.24) is 5.32 Å². The average Bonchev–Trinajstić information content (AvgIpc) is 2.86. The zero-order chi connectivity index (χ0) is 12.3. The van der Waals surface area contributed by atoms with Crippen molar-refractivity contribution < 1.29 is 4.39 Å². The molecule has 1 heterocycles. The van der Waals surface area contributed by atoms with E-state index in [0.717, 1.165) is 43.5 Å². The second-order valence-corrected chi connectivity index (χ2v) is 4.98. The van der Waals surface area contributed by atoms with Crippen molar-refractivity contribution in [2.45, 2.75) is 44.9 Å². The van der Waals surface area contributed by atoms with Crippen LogP contribution in [0.15, 0.2) is 18.2 Å². The Morgan fingerprint density at radius 2 is 2.12 bits per heavy atom. The van der Waals surface area contributed by atoms with Crippen LogP contribution in [0.2, 0.25) is 0 Å². The summed E-state index contributed by atoms with van der Waals surface area (Å²) in [5.74, 6) is 0.856. The molecule has 0 aromatic heterocycles. The lowest BCUT2D eigenvalue weighted by molar-refractivity contribution is 0.555. The Morgan fingerprint density at radius 1 is 1.35 bits per heavy atom. The van der Waals surface area contributed by atoms with E-state index in [2.05, 4.69) is 25.2 Å². The second kappa shape index (κ2) is 5.63. The number of nitrogens with one attached hydrogen (secondary N) is 1. The van der Waals surface area contributed by atoms with Crippen molar-refractivity contribution in [3.05, 3.63) is 35.1 Å². The van der Waals surface area contributed by atoms with Gasteiger partial charge in [-0.2, -0.15) is 0 Å². The van der Waals surface area contributed by atoms with E-state index in [9.17, 15) is 4.39 Å². The van der Waals surface area contributed by atoms with Gasteiger partial charge in [-0.25, -0.2) is 4.39 Å². The summed E-state index contributed by atoms with van der Waals surface area (Å²) in [6.45, 7) is 6.30. The quantitative estimate of drug-likeness (QED) is 0.837. The molecule has 1 unspecified atom stereocenters. The summed E-state index contributed by atoms with van der Waals surface area (Å²) in [5, 5.41) is 3.33. The lowest BCUT2D eigenvalue weighted by Crippen LogP contribution is -2.08. The summed E-state index contributed by atoms with van der Waals surface area (Å²) < 4.78 is 14.1. The fourth-order valence-corrected chi connectivity index (χ4v) is 2.80. The Hall–Kier alpha value is -0.890. The van der Waals surface area contributed by atoms with E-state index >= 15 is 0 Å². The molecule has 0 radical (unpaired) electrons. The molecule has 17 heavy (non-hydrogen) atoms. The molecule has 1 saturated heterocycles. The van der Waals surface area contributed by atoms with Crippen molar-refractivity contribution in [1.29, 1.82) is 0 Å². The number of benzene rings is 1. The van der Waals surface area contributed by atoms with E-state index in [-0.39, 0.29) is 5.82 Å². The van der Waals surface area contributed by atoms with Gasteiger partial charge in [-0.3, -0.25) is 0 Å². The van der Waals surface area contributed by atoms with Gasteiger partial charge in [-0.15, -0.1) is 0 Å². The molecule has 0 aliphatic carbocycles. The number of rotatable bonds is 4. The molecule has 1 N–H and O–H groups in total. The molecular weight excluding hydrogens is 213 g/mol. The summed E-state index contributed by atoms with van der Waals surface area (Å²) in [4.78, 5) is 0. The summed E-state index contributed by atoms with van der Waals surface area (Å²) in [6, 6.07) is 5.88. The Morgan fingerprint density at radius 3 is 2.65 bits per heavy atom. The SMILES string of the molecule is CCC(CC)c1ccc(C2CCNC2)cc1F. The van der Waals surface area contributed by atoms with E-state index in [1.165, 1.54) is 0 Å². The van der Waals surface area contributed by atoms with E-state index < -0.39 is 0 Å². The highest BCUT2D eigenvalue weighted by molar-refractivity contribution is 5.30. The minimum Gasteiger partial charge on any atom is -0.316 e. The predicted molar refractivity (Wildman–Crippen MR) is 70.0 cm³/mol. The van der Waals surface area contributed by atoms with Crippen LogP contribution in [0.25, 0.3) is 0 Å². The minimum absolute atomic E-state index is 0.0110. The van der Waals surface area contributed by atoms with Crippen LogP contribution < -0.4 is 5.32 Å². The molecule has 1 nitrogen and oxygen atoms in total. The first-order valence-corrected chi connectivity index (χ1v) is 6.76. The third-order valence-corrected chi connectivity index (χ3v) is 3.98. The monoisotopic (exact) mass is 235 g/mol. The van der Waals surface area contributed by atoms with Gasteiger partial charge in [0.25, 0.3) is 0 Å². The largest absolute Gasteiger partial charge is 0.316 e. The summed E-state index contributed by atoms with van der Waals surface area (Å²) in [5.41, 5.74) is 2.05. The van der Waals surface area contributed by atoms with E-state index in [0.29, 0.717) is 11.8 Å². The first-order chi connectivity index (χ1) is 8.26. The zero-order valence-electron chi connectivity index (χ0n) is 10.8. The third kappa shape index (κ3) is 2.68. The Balaban J connectivity index is 2.21. The predicted octanol–water partition coefficient (Wildman–Crippen LogP) is 3.81. The first kappa shape index (κ1) is 12.6. The molecule has 0 saturated carbocycles. The van der Waals surface area contributed by atoms with Gasteiger partial charge in [0.05, 0.1) is 0 Å². The fourth-order valence-electron chi connectivity index (χ4n) is 2.80. The molecule has 0 bridgehead atoms. The molecule has 2 heteroatoms. The van der Waals surface area contributed by atoms with Gasteiger partial charge in [0.2, 0.25) is 0 Å². The summed E-state index contributed by atoms with van der Waals surface area (Å²) in [7, 11) is 0. The van der Waals surface area contributed by atoms with Crippen molar-refractivity contribution in [3.63, 3.8) is 0 Å². The normalized spacial score (nSPS) is 20.1. The van der Waals surface area contributed by atoms with Crippen molar-refractivity contribution in [3.8, 4) is 0 Å². The van der Waals surface area contributed by atoms with E-state index in [1.54, 1.807) is 6.07 Å². The second-order valence-electron chi connectivity index (χ2n) is 4.98. The van der Waals surface area contributed by atoms with Crippen molar-refractivity contribution >= 4 is 0 Å². The van der Waals surface area contributed by atoms with Gasteiger partial charge in [-0.05, 0) is 54.8 Å². The summed E-state index contributed by atoms with van der Waals surface area (Å²) >= 11 is 0. The topological polar surface area (TPSA) is 12.0 Å². The van der Waals surface area contributed by atoms with Crippen LogP contribution >= 0.6 is 0 Å². The molecule has 0 spiro atoms. The number of hydrogen-bond donors (Lipinski definition) is 1. The maximum atomic E-state index is 14.1.